The molecule has 0 atom stereocenters. The molecule has 3 nitrogen and oxygen atoms in total. The van der Waals surface area contributed by atoms with Crippen LogP contribution < -0.4 is 0 Å². The summed E-state index contributed by atoms with van der Waals surface area (Å²) in [7, 11) is 0. The molecule has 0 aromatic carbocycles. The van der Waals surface area contributed by atoms with Crippen LogP contribution in [0, 0.1) is 0 Å². The highest BCUT2D eigenvalue weighted by Gasteiger charge is 2.28. The number of nitrogens with zero attached hydrogens (tertiary/aromatic N) is 3. The fourth-order valence-electron chi connectivity index (χ4n) is 3.44. The van der Waals surface area contributed by atoms with Crippen LogP contribution in [0.1, 0.15) is 55.5 Å². The summed E-state index contributed by atoms with van der Waals surface area (Å²) in [5.74, 6) is 0.691. The second-order valence-corrected chi connectivity index (χ2v) is 6.00. The van der Waals surface area contributed by atoms with Crippen LogP contribution in [0.2, 0.25) is 0 Å². The quantitative estimate of drug-likeness (QED) is 0.768. The zero-order valence-electron chi connectivity index (χ0n) is 11.2. The van der Waals surface area contributed by atoms with E-state index >= 15 is 0 Å². The smallest absolute Gasteiger partial charge is 0.0659 e. The topological polar surface area (TPSA) is 21.1 Å². The average molecular weight is 268 g/mol. The molecule has 1 saturated heterocycles. The predicted molar refractivity (Wildman–Crippen MR) is 73.9 cm³/mol. The number of hydrogen-bond acceptors (Lipinski definition) is 2. The number of fused-ring (bicyclic) bond motifs is 1. The number of piperidine rings is 1. The molecule has 0 saturated carbocycles. The van der Waals surface area contributed by atoms with Gasteiger partial charge in [0.05, 0.1) is 5.69 Å². The molecule has 1 aromatic heterocycles. The Hall–Kier alpha value is -0.540. The van der Waals surface area contributed by atoms with E-state index in [0.29, 0.717) is 5.92 Å². The Balaban J connectivity index is 1.92. The molecule has 0 spiro atoms. The Labute approximate surface area is 114 Å². The first-order valence-electron chi connectivity index (χ1n) is 7.28. The lowest BCUT2D eigenvalue weighted by Crippen LogP contribution is -2.26. The molecule has 0 bridgehead atoms. The van der Waals surface area contributed by atoms with Gasteiger partial charge in [0.15, 0.2) is 0 Å². The van der Waals surface area contributed by atoms with E-state index < -0.39 is 0 Å². The van der Waals surface area contributed by atoms with Crippen molar-refractivity contribution in [2.45, 2.75) is 57.9 Å². The lowest BCUT2D eigenvalue weighted by Gasteiger charge is -2.28. The van der Waals surface area contributed by atoms with Gasteiger partial charge in [0.2, 0.25) is 0 Å². The van der Waals surface area contributed by atoms with Gasteiger partial charge >= 0.3 is 0 Å². The zero-order valence-corrected chi connectivity index (χ0v) is 11.9. The number of hydrogen-bond donors (Lipinski definition) is 0. The van der Waals surface area contributed by atoms with Gasteiger partial charge in [-0.25, -0.2) is 4.42 Å². The Morgan fingerprint density at radius 2 is 2.00 bits per heavy atom. The number of aryl methyl sites for hydroxylation is 2. The molecule has 4 heteroatoms. The largest absolute Gasteiger partial charge is 0.269 e. The van der Waals surface area contributed by atoms with Gasteiger partial charge in [0.1, 0.15) is 0 Å². The van der Waals surface area contributed by atoms with E-state index in [-0.39, 0.29) is 0 Å². The summed E-state index contributed by atoms with van der Waals surface area (Å²) in [4.78, 5) is 0. The number of halogens is 1. The lowest BCUT2D eigenvalue weighted by atomic mass is 9.86. The first-order valence-corrected chi connectivity index (χ1v) is 7.62. The average Bonchev–Trinajstić information content (AvgIpc) is 2.78. The van der Waals surface area contributed by atoms with Gasteiger partial charge in [-0.15, -0.1) is 0 Å². The second kappa shape index (κ2) is 5.22. The minimum absolute atomic E-state index is 0.691. The second-order valence-electron chi connectivity index (χ2n) is 5.53. The highest BCUT2D eigenvalue weighted by molar-refractivity contribution is 6.13. The molecule has 0 amide bonds. The van der Waals surface area contributed by atoms with Crippen LogP contribution in [0.5, 0.6) is 0 Å². The van der Waals surface area contributed by atoms with Crippen molar-refractivity contribution in [1.82, 2.24) is 14.2 Å². The van der Waals surface area contributed by atoms with Gasteiger partial charge < -0.3 is 0 Å². The van der Waals surface area contributed by atoms with Crippen LogP contribution in [0.25, 0.3) is 0 Å². The van der Waals surface area contributed by atoms with E-state index in [1.807, 2.05) is 4.42 Å². The summed E-state index contributed by atoms with van der Waals surface area (Å²) in [5.41, 5.74) is 4.47. The normalized spacial score (nSPS) is 22.1. The Bertz CT molecular complexity index is 419. The minimum Gasteiger partial charge on any atom is -0.269 e. The molecular formula is C14H22ClN3. The van der Waals surface area contributed by atoms with Crippen molar-refractivity contribution >= 4 is 11.8 Å². The van der Waals surface area contributed by atoms with E-state index in [0.717, 1.165) is 26.1 Å². The minimum atomic E-state index is 0.691. The molecule has 3 rings (SSSR count). The highest BCUT2D eigenvalue weighted by Crippen LogP contribution is 2.35. The van der Waals surface area contributed by atoms with Crippen LogP contribution in [0.3, 0.4) is 0 Å². The molecule has 2 aliphatic heterocycles. The van der Waals surface area contributed by atoms with Gasteiger partial charge in [-0.2, -0.15) is 5.10 Å². The monoisotopic (exact) mass is 267 g/mol. The molecule has 0 aliphatic carbocycles. The van der Waals surface area contributed by atoms with E-state index in [4.69, 9.17) is 16.9 Å². The molecule has 0 unspecified atom stereocenters. The molecule has 2 aliphatic rings. The van der Waals surface area contributed by atoms with E-state index in [9.17, 15) is 0 Å². The van der Waals surface area contributed by atoms with Crippen LogP contribution in [-0.4, -0.2) is 27.3 Å². The third-order valence-electron chi connectivity index (χ3n) is 4.39. The molecular weight excluding hydrogens is 246 g/mol. The number of aromatic nitrogens is 2. The number of rotatable bonds is 2. The van der Waals surface area contributed by atoms with Crippen LogP contribution in [-0.2, 0) is 19.4 Å². The van der Waals surface area contributed by atoms with Crippen molar-refractivity contribution in [3.05, 3.63) is 17.0 Å². The third kappa shape index (κ3) is 2.19. The van der Waals surface area contributed by atoms with E-state index in [1.165, 1.54) is 43.5 Å². The summed E-state index contributed by atoms with van der Waals surface area (Å²) in [6, 6.07) is 0. The van der Waals surface area contributed by atoms with Crippen LogP contribution in [0.15, 0.2) is 0 Å². The van der Waals surface area contributed by atoms with Crippen LogP contribution in [0.4, 0.5) is 0 Å². The Kier molecular flexibility index (Phi) is 3.62. The summed E-state index contributed by atoms with van der Waals surface area (Å²) >= 11 is 6.07. The summed E-state index contributed by atoms with van der Waals surface area (Å²) in [6.45, 7) is 5.38. The van der Waals surface area contributed by atoms with Gasteiger partial charge in [-0.3, -0.25) is 4.68 Å². The maximum atomic E-state index is 6.07. The van der Waals surface area contributed by atoms with Gasteiger partial charge in [-0.05, 0) is 61.8 Å². The predicted octanol–water partition coefficient (Wildman–Crippen LogP) is 3.12. The first kappa shape index (κ1) is 12.5. The van der Waals surface area contributed by atoms with E-state index in [1.54, 1.807) is 5.56 Å². The zero-order chi connectivity index (χ0) is 12.5. The van der Waals surface area contributed by atoms with Crippen molar-refractivity contribution < 1.29 is 0 Å². The van der Waals surface area contributed by atoms with Gasteiger partial charge in [0.25, 0.3) is 0 Å². The van der Waals surface area contributed by atoms with Crippen molar-refractivity contribution in [2.24, 2.45) is 0 Å². The van der Waals surface area contributed by atoms with Gasteiger partial charge in [0, 0.05) is 25.3 Å². The van der Waals surface area contributed by atoms with Crippen molar-refractivity contribution in [2.75, 3.05) is 13.1 Å². The molecule has 0 N–H and O–H groups in total. The molecule has 0 radical (unpaired) electrons. The lowest BCUT2D eigenvalue weighted by molar-refractivity contribution is 0.333. The molecule has 3 heterocycles. The maximum Gasteiger partial charge on any atom is 0.0659 e. The third-order valence-corrected chi connectivity index (χ3v) is 4.73. The van der Waals surface area contributed by atoms with Crippen molar-refractivity contribution in [3.63, 3.8) is 0 Å². The summed E-state index contributed by atoms with van der Waals surface area (Å²) in [5, 5.41) is 4.83. The van der Waals surface area contributed by atoms with E-state index in [2.05, 4.69) is 11.6 Å². The Morgan fingerprint density at radius 1 is 1.22 bits per heavy atom. The molecule has 1 aromatic rings. The fourth-order valence-corrected chi connectivity index (χ4v) is 3.63. The van der Waals surface area contributed by atoms with Crippen molar-refractivity contribution in [3.8, 4) is 0 Å². The van der Waals surface area contributed by atoms with Crippen molar-refractivity contribution in [1.29, 1.82) is 0 Å². The fraction of sp³-hybridized carbons (Fsp3) is 0.786. The van der Waals surface area contributed by atoms with Gasteiger partial charge in [-0.1, -0.05) is 6.92 Å². The summed E-state index contributed by atoms with van der Waals surface area (Å²) < 4.78 is 4.21. The van der Waals surface area contributed by atoms with Crippen LogP contribution >= 0.6 is 11.8 Å². The molecule has 100 valence electrons. The SMILES string of the molecule is CCc1nn2c(c1C1CCN(Cl)CC1)CCCC2. The summed E-state index contributed by atoms with van der Waals surface area (Å²) in [6.07, 6.45) is 7.29. The molecule has 18 heavy (non-hydrogen) atoms. The Morgan fingerprint density at radius 3 is 2.72 bits per heavy atom. The highest BCUT2D eigenvalue weighted by atomic mass is 35.5. The first-order chi connectivity index (χ1) is 8.79. The standard InChI is InChI=1S/C14H22ClN3/c1-2-12-14(11-6-9-17(15)10-7-11)13-5-3-4-8-18(13)16-12/h11H,2-10H2,1H3. The maximum absolute atomic E-state index is 6.07. The molecule has 1 fully saturated rings.